The Morgan fingerprint density at radius 3 is 2.75 bits per heavy atom. The Kier molecular flexibility index (Phi) is 2.55. The summed E-state index contributed by atoms with van der Waals surface area (Å²) in [5.41, 5.74) is 0.826. The molecule has 2 aromatic rings. The highest BCUT2D eigenvalue weighted by molar-refractivity contribution is 9.10. The van der Waals surface area contributed by atoms with Crippen molar-refractivity contribution in [1.82, 2.24) is 4.98 Å². The predicted molar refractivity (Wildman–Crippen MR) is 64.0 cm³/mol. The maximum Gasteiger partial charge on any atom is 0.341 e. The molecular formula is C11H8BrNO3. The summed E-state index contributed by atoms with van der Waals surface area (Å²) in [7, 11) is 0. The summed E-state index contributed by atoms with van der Waals surface area (Å²) >= 11 is 3.25. The highest BCUT2D eigenvalue weighted by atomic mass is 79.9. The van der Waals surface area contributed by atoms with Crippen LogP contribution in [0.5, 0.6) is 0 Å². The number of nitrogens with one attached hydrogen (secondary N) is 1. The number of aromatic amines is 1. The van der Waals surface area contributed by atoms with Crippen LogP contribution >= 0.6 is 15.9 Å². The fraction of sp³-hybridized carbons (Fsp3) is 0.0909. The number of benzene rings is 1. The summed E-state index contributed by atoms with van der Waals surface area (Å²) in [6.45, 7) is 1.85. The van der Waals surface area contributed by atoms with E-state index < -0.39 is 11.4 Å². The van der Waals surface area contributed by atoms with E-state index in [2.05, 4.69) is 20.9 Å². The van der Waals surface area contributed by atoms with Gasteiger partial charge in [-0.05, 0) is 34.5 Å². The van der Waals surface area contributed by atoms with Gasteiger partial charge in [-0.2, -0.15) is 0 Å². The monoisotopic (exact) mass is 281 g/mol. The molecule has 1 aromatic carbocycles. The largest absolute Gasteiger partial charge is 0.477 e. The highest BCUT2D eigenvalue weighted by Gasteiger charge is 2.14. The van der Waals surface area contributed by atoms with E-state index in [0.717, 1.165) is 5.56 Å². The van der Waals surface area contributed by atoms with Crippen molar-refractivity contribution in [3.8, 4) is 0 Å². The quantitative estimate of drug-likeness (QED) is 0.843. The van der Waals surface area contributed by atoms with Crippen LogP contribution in [0.3, 0.4) is 0 Å². The summed E-state index contributed by atoms with van der Waals surface area (Å²) in [6, 6.07) is 3.58. The predicted octanol–water partition coefficient (Wildman–Crippen LogP) is 2.30. The van der Waals surface area contributed by atoms with E-state index >= 15 is 0 Å². The molecule has 2 rings (SSSR count). The number of halogens is 1. The van der Waals surface area contributed by atoms with E-state index in [-0.39, 0.29) is 5.56 Å². The number of aryl methyl sites for hydroxylation is 1. The topological polar surface area (TPSA) is 70.2 Å². The van der Waals surface area contributed by atoms with Crippen molar-refractivity contribution in [1.29, 1.82) is 0 Å². The number of carbonyl (C=O) groups is 1. The van der Waals surface area contributed by atoms with E-state index in [0.29, 0.717) is 15.4 Å². The van der Waals surface area contributed by atoms with Crippen LogP contribution in [0, 0.1) is 6.92 Å². The van der Waals surface area contributed by atoms with Crippen molar-refractivity contribution in [3.63, 3.8) is 0 Å². The van der Waals surface area contributed by atoms with Crippen molar-refractivity contribution in [2.45, 2.75) is 6.92 Å². The van der Waals surface area contributed by atoms with Gasteiger partial charge in [-0.15, -0.1) is 0 Å². The second-order valence-electron chi connectivity index (χ2n) is 3.45. The van der Waals surface area contributed by atoms with Gasteiger partial charge in [-0.25, -0.2) is 4.79 Å². The van der Waals surface area contributed by atoms with Crippen molar-refractivity contribution >= 4 is 32.8 Å². The van der Waals surface area contributed by atoms with Gasteiger partial charge in [-0.1, -0.05) is 6.07 Å². The molecular weight excluding hydrogens is 274 g/mol. The molecule has 0 aliphatic heterocycles. The van der Waals surface area contributed by atoms with Crippen molar-refractivity contribution in [3.05, 3.63) is 44.2 Å². The first-order valence-electron chi connectivity index (χ1n) is 4.56. The summed E-state index contributed by atoms with van der Waals surface area (Å²) in [5.74, 6) is -1.23. The highest BCUT2D eigenvalue weighted by Crippen LogP contribution is 2.22. The number of hydrogen-bond acceptors (Lipinski definition) is 2. The third kappa shape index (κ3) is 1.53. The summed E-state index contributed by atoms with van der Waals surface area (Å²) in [6.07, 6.45) is 1.23. The second-order valence-corrected chi connectivity index (χ2v) is 4.31. The van der Waals surface area contributed by atoms with Gasteiger partial charge in [0.2, 0.25) is 5.43 Å². The lowest BCUT2D eigenvalue weighted by Gasteiger charge is -2.04. The molecule has 0 radical (unpaired) electrons. The van der Waals surface area contributed by atoms with Gasteiger partial charge >= 0.3 is 5.97 Å². The van der Waals surface area contributed by atoms with Gasteiger partial charge in [0.15, 0.2) is 0 Å². The fourth-order valence-corrected chi connectivity index (χ4v) is 2.10. The first-order chi connectivity index (χ1) is 7.52. The Hall–Kier alpha value is -1.62. The zero-order valence-corrected chi connectivity index (χ0v) is 9.96. The first kappa shape index (κ1) is 10.9. The number of H-pyrrole nitrogens is 1. The summed E-state index contributed by atoms with van der Waals surface area (Å²) < 4.78 is 0.595. The van der Waals surface area contributed by atoms with Crippen LogP contribution in [0.4, 0.5) is 0 Å². The number of carboxylic acid groups (broad SMARTS) is 1. The Balaban J connectivity index is 3.00. The lowest BCUT2D eigenvalue weighted by molar-refractivity contribution is 0.0695. The third-order valence-electron chi connectivity index (χ3n) is 2.43. The van der Waals surface area contributed by atoms with Gasteiger partial charge < -0.3 is 10.1 Å². The van der Waals surface area contributed by atoms with Crippen molar-refractivity contribution in [2.24, 2.45) is 0 Å². The number of hydrogen-bond donors (Lipinski definition) is 2. The van der Waals surface area contributed by atoms with Crippen molar-refractivity contribution < 1.29 is 9.90 Å². The number of fused-ring (bicyclic) bond motifs is 1. The maximum absolute atomic E-state index is 11.9. The minimum atomic E-state index is -1.23. The van der Waals surface area contributed by atoms with Gasteiger partial charge in [-0.3, -0.25) is 4.79 Å². The van der Waals surface area contributed by atoms with Crippen LogP contribution in [-0.4, -0.2) is 16.1 Å². The summed E-state index contributed by atoms with van der Waals surface area (Å²) in [4.78, 5) is 25.6. The van der Waals surface area contributed by atoms with Crippen LogP contribution in [0.25, 0.3) is 10.9 Å². The fourth-order valence-electron chi connectivity index (χ4n) is 1.59. The second kappa shape index (κ2) is 3.75. The Labute approximate surface area is 99.0 Å². The molecule has 2 N–H and O–H groups in total. The van der Waals surface area contributed by atoms with E-state index in [1.54, 1.807) is 6.07 Å². The molecule has 0 bridgehead atoms. The molecule has 1 aromatic heterocycles. The standard InChI is InChI=1S/C11H8BrNO3/c1-5-2-3-7(12)8-9(5)13-4-6(10(8)14)11(15)16/h2-4H,1H3,(H,13,14)(H,15,16). The van der Waals surface area contributed by atoms with Gasteiger partial charge in [0.1, 0.15) is 5.56 Å². The molecule has 0 atom stereocenters. The molecule has 1 heterocycles. The average molecular weight is 282 g/mol. The summed E-state index contributed by atoms with van der Waals surface area (Å²) in [5, 5.41) is 9.22. The first-order valence-corrected chi connectivity index (χ1v) is 5.35. The van der Waals surface area contributed by atoms with Crippen LogP contribution in [-0.2, 0) is 0 Å². The van der Waals surface area contributed by atoms with Crippen LogP contribution in [0.2, 0.25) is 0 Å². The zero-order chi connectivity index (χ0) is 11.9. The minimum Gasteiger partial charge on any atom is -0.477 e. The minimum absolute atomic E-state index is 0.251. The molecule has 0 spiro atoms. The van der Waals surface area contributed by atoms with Crippen LogP contribution in [0.15, 0.2) is 27.6 Å². The third-order valence-corrected chi connectivity index (χ3v) is 3.09. The van der Waals surface area contributed by atoms with Crippen molar-refractivity contribution in [2.75, 3.05) is 0 Å². The molecule has 16 heavy (non-hydrogen) atoms. The van der Waals surface area contributed by atoms with Gasteiger partial charge in [0.05, 0.1) is 10.9 Å². The number of pyridine rings is 1. The maximum atomic E-state index is 11.9. The number of rotatable bonds is 1. The Morgan fingerprint density at radius 1 is 1.44 bits per heavy atom. The molecule has 0 fully saturated rings. The van der Waals surface area contributed by atoms with E-state index in [1.807, 2.05) is 13.0 Å². The van der Waals surface area contributed by atoms with E-state index in [4.69, 9.17) is 5.11 Å². The normalized spacial score (nSPS) is 10.6. The van der Waals surface area contributed by atoms with Crippen LogP contribution < -0.4 is 5.43 Å². The Morgan fingerprint density at radius 2 is 2.12 bits per heavy atom. The van der Waals surface area contributed by atoms with E-state index in [1.165, 1.54) is 6.20 Å². The molecule has 0 saturated carbocycles. The number of aromatic nitrogens is 1. The van der Waals surface area contributed by atoms with Gasteiger partial charge in [0, 0.05) is 10.7 Å². The molecule has 4 nitrogen and oxygen atoms in total. The molecule has 5 heteroatoms. The van der Waals surface area contributed by atoms with E-state index in [9.17, 15) is 9.59 Å². The number of carboxylic acids is 1. The molecule has 0 aliphatic carbocycles. The molecule has 0 amide bonds. The zero-order valence-electron chi connectivity index (χ0n) is 8.37. The SMILES string of the molecule is Cc1ccc(Br)c2c(=O)c(C(=O)O)c[nH]c12. The molecule has 82 valence electrons. The van der Waals surface area contributed by atoms with Gasteiger partial charge in [0.25, 0.3) is 0 Å². The molecule has 0 saturated heterocycles. The number of aromatic carboxylic acids is 1. The average Bonchev–Trinajstić information content (AvgIpc) is 2.23. The van der Waals surface area contributed by atoms with Crippen LogP contribution in [0.1, 0.15) is 15.9 Å². The molecule has 0 aliphatic rings. The lowest BCUT2D eigenvalue weighted by atomic mass is 10.1. The lowest BCUT2D eigenvalue weighted by Crippen LogP contribution is -2.16. The molecule has 0 unspecified atom stereocenters. The smallest absolute Gasteiger partial charge is 0.341 e. The Bertz CT molecular complexity index is 645.